The van der Waals surface area contributed by atoms with Gasteiger partial charge in [-0.2, -0.15) is 5.10 Å². The number of likely N-dealkylation sites (tertiary alicyclic amines) is 3. The molecule has 0 saturated carbocycles. The Balaban J connectivity index is 0.711. The zero-order chi connectivity index (χ0) is 51.6. The van der Waals surface area contributed by atoms with Gasteiger partial charge in [-0.25, -0.2) is 14.2 Å². The van der Waals surface area contributed by atoms with E-state index in [1.807, 2.05) is 88.2 Å². The van der Waals surface area contributed by atoms with Crippen LogP contribution in [0.2, 0.25) is 5.02 Å². The Morgan fingerprint density at radius 1 is 0.893 bits per heavy atom. The lowest BCUT2D eigenvalue weighted by Crippen LogP contribution is -2.65. The van der Waals surface area contributed by atoms with Crippen LogP contribution in [0, 0.1) is 17.7 Å². The normalized spacial score (nSPS) is 21.5. The predicted molar refractivity (Wildman–Crippen MR) is 285 cm³/mol. The van der Waals surface area contributed by atoms with Gasteiger partial charge in [0.05, 0.1) is 44.6 Å². The van der Waals surface area contributed by atoms with E-state index in [1.165, 1.54) is 17.4 Å². The maximum absolute atomic E-state index is 16.2. The van der Waals surface area contributed by atoms with E-state index < -0.39 is 11.4 Å². The first kappa shape index (κ1) is 49.1. The summed E-state index contributed by atoms with van der Waals surface area (Å²) >= 11 is 8.00. The third kappa shape index (κ3) is 8.71. The van der Waals surface area contributed by atoms with Crippen LogP contribution in [-0.4, -0.2) is 134 Å². The third-order valence-electron chi connectivity index (χ3n) is 16.7. The summed E-state index contributed by atoms with van der Waals surface area (Å²) in [6, 6.07) is 22.3. The zero-order valence-corrected chi connectivity index (χ0v) is 43.5. The number of ether oxygens (including phenoxy) is 1. The molecular formula is C56H59ClFN10O6S+. The van der Waals surface area contributed by atoms with Crippen LogP contribution in [0.3, 0.4) is 0 Å². The van der Waals surface area contributed by atoms with E-state index in [9.17, 15) is 24.0 Å². The number of thiazole rings is 1. The lowest BCUT2D eigenvalue weighted by Gasteiger charge is -2.44. The molecule has 4 saturated heterocycles. The number of nitrogens with zero attached hydrogens (tertiary/aromatic N) is 9. The fourth-order valence-corrected chi connectivity index (χ4v) is 13.9. The van der Waals surface area contributed by atoms with Crippen molar-refractivity contribution in [3.63, 3.8) is 0 Å². The molecule has 7 aromatic rings. The molecule has 6 aliphatic heterocycles. The molecule has 6 aliphatic rings. The molecule has 9 heterocycles. The maximum atomic E-state index is 16.2. The standard InChI is InChI=1S/C56H58ClFN10O6S/c1-2-59-48(70)33-66-45-11-5-8-39-41-30-46-38(29-43(41)58)31-60-67(46)68(27-18-36(19-28-68)51(62-66)50(39)45)49(71)14-13-35-15-22-65(32-35)54(72)37-16-23-64(24-17-37)55(73)56(20-25-63(34-69)26-21-56)74-47-12-4-3-7-40(47)53-61-44-10-6-9-42(57)52(44)75-53/h3-12,29-31,34-37H,2,13-28,32-33H2,1H3/p+1. The van der Waals surface area contributed by atoms with Gasteiger partial charge in [0.2, 0.25) is 18.2 Å². The minimum Gasteiger partial charge on any atom is -0.477 e. The molecule has 4 bridgehead atoms. The summed E-state index contributed by atoms with van der Waals surface area (Å²) in [5, 5.41) is 15.5. The highest BCUT2D eigenvalue weighted by atomic mass is 35.5. The molecule has 3 aromatic heterocycles. The van der Waals surface area contributed by atoms with E-state index in [2.05, 4.69) is 5.32 Å². The van der Waals surface area contributed by atoms with E-state index in [-0.39, 0.29) is 52.5 Å². The van der Waals surface area contributed by atoms with E-state index in [4.69, 9.17) is 31.5 Å². The van der Waals surface area contributed by atoms with Crippen molar-refractivity contribution in [2.45, 2.75) is 82.8 Å². The monoisotopic (exact) mass is 1050 g/mol. The number of hydrogen-bond acceptors (Lipinski definition) is 10. The molecule has 75 heavy (non-hydrogen) atoms. The Labute approximate surface area is 441 Å². The molecule has 388 valence electrons. The fraction of sp³-hybridized carbons (Fsp3) is 0.429. The minimum absolute atomic E-state index is 0.0104. The number of quaternary nitrogens is 1. The molecule has 1 N–H and O–H groups in total. The number of carbonyl (C=O) groups excluding carboxylic acids is 5. The van der Waals surface area contributed by atoms with Crippen molar-refractivity contribution >= 4 is 85.0 Å². The van der Waals surface area contributed by atoms with Crippen molar-refractivity contribution in [3.8, 4) is 27.4 Å². The molecule has 1 atom stereocenters. The Hall–Kier alpha value is -6.76. The summed E-state index contributed by atoms with van der Waals surface area (Å²) in [5.41, 5.74) is 3.70. The summed E-state index contributed by atoms with van der Waals surface area (Å²) in [5.74, 6) is -0.123. The van der Waals surface area contributed by atoms with E-state index >= 15 is 4.39 Å². The van der Waals surface area contributed by atoms with Gasteiger partial charge in [0, 0.05) is 99.7 Å². The summed E-state index contributed by atoms with van der Waals surface area (Å²) < 4.78 is 25.7. The number of amides is 5. The molecule has 4 fully saturated rings. The van der Waals surface area contributed by atoms with Crippen molar-refractivity contribution in [1.29, 1.82) is 0 Å². The van der Waals surface area contributed by atoms with Gasteiger partial charge in [0.1, 0.15) is 41.7 Å². The second-order valence-corrected chi connectivity index (χ2v) is 22.5. The zero-order valence-electron chi connectivity index (χ0n) is 41.9. The summed E-state index contributed by atoms with van der Waals surface area (Å²) in [4.78, 5) is 80.8. The Morgan fingerprint density at radius 3 is 2.43 bits per heavy atom. The van der Waals surface area contributed by atoms with Crippen molar-refractivity contribution in [1.82, 2.24) is 49.3 Å². The summed E-state index contributed by atoms with van der Waals surface area (Å²) in [7, 11) is 0. The number of hydrogen-bond donors (Lipinski definition) is 1. The first-order valence-electron chi connectivity index (χ1n) is 26.4. The molecule has 1 unspecified atom stereocenters. The van der Waals surface area contributed by atoms with E-state index in [1.54, 1.807) is 15.8 Å². The maximum Gasteiger partial charge on any atom is 0.339 e. The number of para-hydroxylation sites is 1. The smallest absolute Gasteiger partial charge is 0.339 e. The second-order valence-electron chi connectivity index (χ2n) is 21.0. The fourth-order valence-electron chi connectivity index (χ4n) is 12.6. The number of aromatic nitrogens is 5. The van der Waals surface area contributed by atoms with Crippen LogP contribution in [0.25, 0.3) is 53.7 Å². The Bertz CT molecular complexity index is 3400. The highest BCUT2D eigenvalue weighted by Gasteiger charge is 2.49. The Morgan fingerprint density at radius 2 is 1.65 bits per heavy atom. The molecule has 16 nitrogen and oxygen atoms in total. The number of rotatable bonds is 12. The van der Waals surface area contributed by atoms with Crippen LogP contribution >= 0.6 is 22.9 Å². The van der Waals surface area contributed by atoms with Gasteiger partial charge in [0.15, 0.2) is 5.60 Å². The van der Waals surface area contributed by atoms with Gasteiger partial charge in [-0.15, -0.1) is 21.0 Å². The topological polar surface area (TPSA) is 165 Å². The quantitative estimate of drug-likeness (QED) is 0.0942. The molecule has 19 heteroatoms. The van der Waals surface area contributed by atoms with Crippen LogP contribution in [-0.2, 0) is 30.5 Å². The molecule has 5 amide bonds. The van der Waals surface area contributed by atoms with Crippen LogP contribution in [0.5, 0.6) is 5.75 Å². The van der Waals surface area contributed by atoms with Gasteiger partial charge in [0.25, 0.3) is 5.91 Å². The van der Waals surface area contributed by atoms with E-state index in [0.717, 1.165) is 50.2 Å². The summed E-state index contributed by atoms with van der Waals surface area (Å²) in [6.45, 7) is 6.13. The number of fused-ring (bicyclic) bond motifs is 3. The lowest BCUT2D eigenvalue weighted by atomic mass is 9.87. The van der Waals surface area contributed by atoms with Gasteiger partial charge in [-0.1, -0.05) is 46.7 Å². The highest BCUT2D eigenvalue weighted by Crippen LogP contribution is 2.44. The van der Waals surface area contributed by atoms with Crippen molar-refractivity contribution in [2.24, 2.45) is 11.8 Å². The van der Waals surface area contributed by atoms with Gasteiger partial charge < -0.3 is 24.8 Å². The number of carbonyl (C=O) groups is 5. The van der Waals surface area contributed by atoms with Crippen molar-refractivity contribution in [2.75, 3.05) is 58.9 Å². The average Bonchev–Trinajstić information content (AvgIpc) is 4.27. The number of likely N-dealkylation sites (N-methyl/N-ethyl adjacent to an activating group) is 1. The molecule has 0 aliphatic carbocycles. The second kappa shape index (κ2) is 19.7. The van der Waals surface area contributed by atoms with Crippen LogP contribution in [0.1, 0.15) is 76.3 Å². The number of piperidine rings is 3. The largest absolute Gasteiger partial charge is 0.477 e. The third-order valence-corrected chi connectivity index (χ3v) is 18.3. The molecule has 13 rings (SSSR count). The molecular weight excluding hydrogens is 995 g/mol. The van der Waals surface area contributed by atoms with Gasteiger partial charge in [-0.05, 0) is 86.6 Å². The van der Waals surface area contributed by atoms with Crippen LogP contribution in [0.4, 0.5) is 4.39 Å². The van der Waals surface area contributed by atoms with Crippen LogP contribution < -0.4 is 14.6 Å². The molecule has 4 aromatic carbocycles. The number of halogens is 2. The van der Waals surface area contributed by atoms with Crippen LogP contribution in [0.15, 0.2) is 79.0 Å². The molecule has 0 radical (unpaired) electrons. The predicted octanol–water partition coefficient (Wildman–Crippen LogP) is 8.05. The number of nitrogens with one attached hydrogen (secondary N) is 1. The van der Waals surface area contributed by atoms with Crippen molar-refractivity contribution in [3.05, 3.63) is 95.5 Å². The van der Waals surface area contributed by atoms with Gasteiger partial charge in [-0.3, -0.25) is 23.9 Å². The lowest BCUT2D eigenvalue weighted by molar-refractivity contribution is -0.156. The summed E-state index contributed by atoms with van der Waals surface area (Å²) in [6.07, 6.45) is 7.18. The van der Waals surface area contributed by atoms with Gasteiger partial charge >= 0.3 is 5.91 Å². The minimum atomic E-state index is -1.21. The first-order chi connectivity index (χ1) is 36.5. The van der Waals surface area contributed by atoms with E-state index in [0.29, 0.717) is 143 Å². The Kier molecular flexibility index (Phi) is 12.9. The molecule has 0 spiro atoms. The number of benzene rings is 4. The average molecular weight is 1050 g/mol. The SMILES string of the molecule is CCNC(=O)Cn1nc2c3c(cccc31)-c1cc3c(cnn3[N+]3(C(=O)CCC4CCN(C(=O)C5CCN(C(=O)C6(Oc7ccccc7-c7nc8cccc(Cl)c8s7)CCN(C=O)CC6)CC5)C4)CCC2CC3)cc1F. The highest BCUT2D eigenvalue weighted by molar-refractivity contribution is 7.22. The first-order valence-corrected chi connectivity index (χ1v) is 27.6. The van der Waals surface area contributed by atoms with Crippen molar-refractivity contribution < 1.29 is 33.1 Å².